The number of nitrogens with zero attached hydrogens (tertiary/aromatic N) is 4. The van der Waals surface area contributed by atoms with Gasteiger partial charge in [0.05, 0.1) is 11.3 Å². The number of aromatic amines is 1. The van der Waals surface area contributed by atoms with Crippen LogP contribution in [0.5, 0.6) is 0 Å². The van der Waals surface area contributed by atoms with E-state index in [1.807, 2.05) is 48.5 Å². The van der Waals surface area contributed by atoms with Crippen LogP contribution < -0.4 is 0 Å². The van der Waals surface area contributed by atoms with Gasteiger partial charge in [0, 0.05) is 14.5 Å². The van der Waals surface area contributed by atoms with Gasteiger partial charge < -0.3 is 4.42 Å². The fourth-order valence-electron chi connectivity index (χ4n) is 2.27. The Kier molecular flexibility index (Phi) is 5.18. The summed E-state index contributed by atoms with van der Waals surface area (Å²) in [5, 5.41) is 16.0. The van der Waals surface area contributed by atoms with Gasteiger partial charge in [-0.3, -0.25) is 5.10 Å². The molecule has 4 rings (SSSR count). The van der Waals surface area contributed by atoms with Crippen LogP contribution in [-0.4, -0.2) is 25.4 Å². The van der Waals surface area contributed by atoms with Crippen LogP contribution in [0.2, 0.25) is 0 Å². The second-order valence-corrected chi connectivity index (χ2v) is 7.87. The molecule has 6 nitrogen and oxygen atoms in total. The van der Waals surface area contributed by atoms with Crippen LogP contribution in [0.4, 0.5) is 0 Å². The molecule has 0 aliphatic rings. The van der Waals surface area contributed by atoms with Gasteiger partial charge in [-0.05, 0) is 34.1 Å². The van der Waals surface area contributed by atoms with E-state index in [0.717, 1.165) is 20.1 Å². The number of aromatic nitrogens is 5. The third-order valence-electron chi connectivity index (χ3n) is 3.49. The minimum atomic E-state index is 0.483. The average molecular weight is 493 g/mol. The summed E-state index contributed by atoms with van der Waals surface area (Å²) in [7, 11) is 0. The Morgan fingerprint density at radius 2 is 1.62 bits per heavy atom. The predicted octanol–water partition coefficient (Wildman–Crippen LogP) is 5.34. The lowest BCUT2D eigenvalue weighted by molar-refractivity contribution is 0.528. The monoisotopic (exact) mass is 491 g/mol. The van der Waals surface area contributed by atoms with Crippen LogP contribution in [0.1, 0.15) is 5.89 Å². The molecule has 1 N–H and O–H groups in total. The van der Waals surface area contributed by atoms with Gasteiger partial charge in [0.1, 0.15) is 0 Å². The molecule has 0 aliphatic heterocycles. The van der Waals surface area contributed by atoms with Crippen molar-refractivity contribution in [1.82, 2.24) is 25.4 Å². The second-order valence-electron chi connectivity index (χ2n) is 5.22. The largest absolute Gasteiger partial charge is 0.420 e. The lowest BCUT2D eigenvalue weighted by Crippen LogP contribution is -1.83. The lowest BCUT2D eigenvalue weighted by Gasteiger charge is -1.98. The molecule has 2 aromatic heterocycles. The fourth-order valence-corrected chi connectivity index (χ4v) is 3.83. The van der Waals surface area contributed by atoms with Gasteiger partial charge in [-0.25, -0.2) is 4.98 Å². The van der Waals surface area contributed by atoms with E-state index in [1.54, 1.807) is 0 Å². The third kappa shape index (κ3) is 3.74. The highest BCUT2D eigenvalue weighted by molar-refractivity contribution is 9.11. The van der Waals surface area contributed by atoms with Crippen molar-refractivity contribution >= 4 is 43.6 Å². The van der Waals surface area contributed by atoms with Gasteiger partial charge in [-0.1, -0.05) is 58.0 Å². The van der Waals surface area contributed by atoms with Crippen molar-refractivity contribution in [2.24, 2.45) is 0 Å². The van der Waals surface area contributed by atoms with Crippen LogP contribution in [-0.2, 0) is 5.75 Å². The first-order chi connectivity index (χ1) is 12.7. The molecular formula is C17H11Br2N5OS. The molecule has 0 radical (unpaired) electrons. The Balaban J connectivity index is 1.46. The van der Waals surface area contributed by atoms with E-state index in [0.29, 0.717) is 28.5 Å². The van der Waals surface area contributed by atoms with E-state index < -0.39 is 0 Å². The average Bonchev–Trinajstić information content (AvgIpc) is 3.30. The Morgan fingerprint density at radius 1 is 0.923 bits per heavy atom. The van der Waals surface area contributed by atoms with Crippen molar-refractivity contribution in [2.75, 3.05) is 0 Å². The molecule has 9 heteroatoms. The molecule has 0 saturated heterocycles. The maximum Gasteiger partial charge on any atom is 0.248 e. The van der Waals surface area contributed by atoms with E-state index >= 15 is 0 Å². The number of H-pyrrole nitrogens is 1. The molecular weight excluding hydrogens is 482 g/mol. The first-order valence-electron chi connectivity index (χ1n) is 7.58. The molecule has 4 aromatic rings. The van der Waals surface area contributed by atoms with E-state index in [2.05, 4.69) is 57.2 Å². The van der Waals surface area contributed by atoms with Crippen molar-refractivity contribution in [2.45, 2.75) is 10.9 Å². The zero-order valence-electron chi connectivity index (χ0n) is 13.2. The number of rotatable bonds is 5. The number of hydrogen-bond acceptors (Lipinski definition) is 6. The van der Waals surface area contributed by atoms with E-state index in [4.69, 9.17) is 4.42 Å². The topological polar surface area (TPSA) is 80.5 Å². The lowest BCUT2D eigenvalue weighted by atomic mass is 10.2. The summed E-state index contributed by atoms with van der Waals surface area (Å²) in [5.41, 5.74) is 1.83. The Morgan fingerprint density at radius 3 is 2.35 bits per heavy atom. The van der Waals surface area contributed by atoms with E-state index in [9.17, 15) is 0 Å². The van der Waals surface area contributed by atoms with Gasteiger partial charge in [-0.2, -0.15) is 0 Å². The molecule has 0 amide bonds. The predicted molar refractivity (Wildman–Crippen MR) is 107 cm³/mol. The first-order valence-corrected chi connectivity index (χ1v) is 10.2. The summed E-state index contributed by atoms with van der Waals surface area (Å²) in [4.78, 5) is 4.50. The van der Waals surface area contributed by atoms with Gasteiger partial charge in [0.15, 0.2) is 5.82 Å². The van der Waals surface area contributed by atoms with Crippen molar-refractivity contribution in [3.63, 3.8) is 0 Å². The molecule has 0 unspecified atom stereocenters. The molecule has 26 heavy (non-hydrogen) atoms. The van der Waals surface area contributed by atoms with Gasteiger partial charge in [-0.15, -0.1) is 15.3 Å². The van der Waals surface area contributed by atoms with Crippen molar-refractivity contribution in [3.05, 3.63) is 63.4 Å². The number of thioether (sulfide) groups is 1. The van der Waals surface area contributed by atoms with Crippen molar-refractivity contribution in [3.8, 4) is 22.8 Å². The van der Waals surface area contributed by atoms with Crippen molar-refractivity contribution in [1.29, 1.82) is 0 Å². The highest BCUT2D eigenvalue weighted by Crippen LogP contribution is 2.29. The minimum absolute atomic E-state index is 0.483. The second kappa shape index (κ2) is 7.73. The minimum Gasteiger partial charge on any atom is -0.420 e. The number of nitrogens with one attached hydrogen (secondary N) is 1. The molecule has 0 aliphatic carbocycles. The van der Waals surface area contributed by atoms with Crippen LogP contribution in [0, 0.1) is 0 Å². The number of benzene rings is 2. The van der Waals surface area contributed by atoms with Gasteiger partial charge in [0.2, 0.25) is 16.9 Å². The summed E-state index contributed by atoms with van der Waals surface area (Å²) in [5.74, 6) is 2.20. The summed E-state index contributed by atoms with van der Waals surface area (Å²) >= 11 is 8.44. The fraction of sp³-hybridized carbons (Fsp3) is 0.0588. The molecule has 0 saturated carbocycles. The standard InChI is InChI=1S/C17H11Br2N5OS/c18-12-7-3-1-5-10(12)15-20-17(24-22-15)26-9-14-21-23-16(25-14)11-6-2-4-8-13(11)19/h1-8H,9H2,(H,20,22,24). The SMILES string of the molecule is Brc1ccccc1-c1nc(SCc2nnc(-c3ccccc3Br)o2)n[nH]1. The quantitative estimate of drug-likeness (QED) is 0.379. The highest BCUT2D eigenvalue weighted by Gasteiger charge is 2.13. The number of hydrogen-bond donors (Lipinski definition) is 1. The zero-order valence-corrected chi connectivity index (χ0v) is 17.2. The van der Waals surface area contributed by atoms with Gasteiger partial charge >= 0.3 is 0 Å². The molecule has 130 valence electrons. The molecule has 2 aromatic carbocycles. The smallest absolute Gasteiger partial charge is 0.248 e. The van der Waals surface area contributed by atoms with E-state index in [-0.39, 0.29) is 0 Å². The van der Waals surface area contributed by atoms with E-state index in [1.165, 1.54) is 11.8 Å². The van der Waals surface area contributed by atoms with Crippen LogP contribution >= 0.6 is 43.6 Å². The maximum atomic E-state index is 5.74. The first kappa shape index (κ1) is 17.4. The summed E-state index contributed by atoms with van der Waals surface area (Å²) in [6.45, 7) is 0. The van der Waals surface area contributed by atoms with Crippen LogP contribution in [0.25, 0.3) is 22.8 Å². The number of halogens is 2. The maximum absolute atomic E-state index is 5.74. The molecule has 0 fully saturated rings. The third-order valence-corrected chi connectivity index (χ3v) is 5.70. The highest BCUT2D eigenvalue weighted by atomic mass is 79.9. The molecule has 0 bridgehead atoms. The Hall–Kier alpha value is -1.97. The normalized spacial score (nSPS) is 11.0. The van der Waals surface area contributed by atoms with Crippen LogP contribution in [0.3, 0.4) is 0 Å². The zero-order chi connectivity index (χ0) is 17.9. The molecule has 0 spiro atoms. The summed E-state index contributed by atoms with van der Waals surface area (Å²) < 4.78 is 7.61. The summed E-state index contributed by atoms with van der Waals surface area (Å²) in [6, 6.07) is 15.6. The Labute approximate surface area is 170 Å². The molecule has 2 heterocycles. The summed E-state index contributed by atoms with van der Waals surface area (Å²) in [6.07, 6.45) is 0. The van der Waals surface area contributed by atoms with Crippen LogP contribution in [0.15, 0.2) is 67.0 Å². The Bertz CT molecular complexity index is 965. The molecule has 0 atom stereocenters. The van der Waals surface area contributed by atoms with Crippen molar-refractivity contribution < 1.29 is 4.42 Å². The van der Waals surface area contributed by atoms with Gasteiger partial charge in [0.25, 0.3) is 0 Å².